The molecule has 0 saturated heterocycles. The van der Waals surface area contributed by atoms with Crippen molar-refractivity contribution in [1.29, 1.82) is 0 Å². The maximum atomic E-state index is 9.66. The normalized spacial score (nSPS) is 9.79. The number of rotatable bonds is 1. The Morgan fingerprint density at radius 3 is 1.32 bits per heavy atom. The molecule has 4 aromatic carbocycles. The molecule has 0 atom stereocenters. The maximum absolute atomic E-state index is 9.66. The number of aromatic hydroxyl groups is 4. The molecule has 28 heavy (non-hydrogen) atoms. The van der Waals surface area contributed by atoms with Gasteiger partial charge < -0.3 is 20.4 Å². The van der Waals surface area contributed by atoms with E-state index in [1.54, 1.807) is 54.6 Å². The van der Waals surface area contributed by atoms with Crippen molar-refractivity contribution in [3.8, 4) is 34.1 Å². The van der Waals surface area contributed by atoms with E-state index in [1.807, 2.05) is 42.5 Å². The monoisotopic (exact) mass is 375 g/mol. The smallest absolute Gasteiger partial charge is 0.165 e. The molecular formula is C24H22O4. The summed E-state index contributed by atoms with van der Waals surface area (Å²) < 4.78 is 7.31. The van der Waals surface area contributed by atoms with Crippen molar-refractivity contribution >= 4 is 0 Å². The third-order valence-corrected chi connectivity index (χ3v) is 3.55. The molecule has 0 saturated carbocycles. The lowest BCUT2D eigenvalue weighted by Gasteiger charge is -2.05. The van der Waals surface area contributed by atoms with Crippen molar-refractivity contribution in [1.82, 2.24) is 0 Å². The molecule has 0 aromatic heterocycles. The predicted octanol–water partition coefficient (Wildman–Crippen LogP) is 5.55. The minimum atomic E-state index is -0.378. The van der Waals surface area contributed by atoms with Crippen molar-refractivity contribution in [3.63, 3.8) is 0 Å². The van der Waals surface area contributed by atoms with Crippen molar-refractivity contribution in [2.45, 2.75) is 0 Å². The molecule has 4 N–H and O–H groups in total. The van der Waals surface area contributed by atoms with Gasteiger partial charge in [-0.05, 0) is 35.9 Å². The molecular weight excluding hydrogens is 352 g/mol. The molecule has 4 nitrogen and oxygen atoms in total. The summed E-state index contributed by atoms with van der Waals surface area (Å²) in [7, 11) is 0. The lowest BCUT2D eigenvalue weighted by Crippen LogP contribution is -1.78. The molecule has 4 aromatic rings. The molecule has 0 unspecified atom stereocenters. The van der Waals surface area contributed by atoms with Crippen LogP contribution in [0.1, 0.15) is 1.37 Å². The zero-order chi connectivity index (χ0) is 21.1. The standard InChI is InChI=1S/C12H10O2.2C6H6O/c13-11-8-4-7-10(12(11)14)9-5-2-1-3-6-9;2*7-6-4-2-1-3-5-6/h1-8,13-14H;2*1-5,7H/i8D;;. The summed E-state index contributed by atoms with van der Waals surface area (Å²) in [6.07, 6.45) is 0. The molecule has 142 valence electrons. The number of phenolic OH excluding ortho intramolecular Hbond substituents is 4. The lowest BCUT2D eigenvalue weighted by molar-refractivity contribution is 0.405. The molecule has 0 amide bonds. The van der Waals surface area contributed by atoms with Crippen LogP contribution in [-0.4, -0.2) is 20.4 Å². The van der Waals surface area contributed by atoms with E-state index in [-0.39, 0.29) is 17.5 Å². The van der Waals surface area contributed by atoms with Crippen LogP contribution < -0.4 is 0 Å². The Hall–Kier alpha value is -3.92. The molecule has 0 radical (unpaired) electrons. The Labute approximate surface area is 165 Å². The van der Waals surface area contributed by atoms with Gasteiger partial charge in [-0.1, -0.05) is 78.9 Å². The van der Waals surface area contributed by atoms with Crippen molar-refractivity contribution in [2.24, 2.45) is 0 Å². The van der Waals surface area contributed by atoms with Gasteiger partial charge in [-0.25, -0.2) is 0 Å². The van der Waals surface area contributed by atoms with Crippen LogP contribution in [0.25, 0.3) is 11.1 Å². The Kier molecular flexibility index (Phi) is 7.36. The molecule has 0 aliphatic carbocycles. The molecule has 0 aliphatic rings. The number of hydrogen-bond donors (Lipinski definition) is 4. The Morgan fingerprint density at radius 2 is 0.929 bits per heavy atom. The van der Waals surface area contributed by atoms with E-state index in [9.17, 15) is 10.2 Å². The molecule has 0 spiro atoms. The topological polar surface area (TPSA) is 80.9 Å². The van der Waals surface area contributed by atoms with E-state index >= 15 is 0 Å². The SMILES string of the molecule is Oc1ccccc1.Oc1ccccc1.[2H]c1ccc(-c2ccccc2)c(O)c1O. The highest BCUT2D eigenvalue weighted by Gasteiger charge is 2.06. The minimum Gasteiger partial charge on any atom is -0.508 e. The second-order valence-corrected chi connectivity index (χ2v) is 5.63. The number of phenols is 4. The van der Waals surface area contributed by atoms with E-state index in [0.29, 0.717) is 17.1 Å². The average Bonchev–Trinajstić information content (AvgIpc) is 2.75. The summed E-state index contributed by atoms with van der Waals surface area (Å²) in [5.74, 6) is 0.0232. The van der Waals surface area contributed by atoms with Crippen LogP contribution in [0.3, 0.4) is 0 Å². The van der Waals surface area contributed by atoms with Gasteiger partial charge in [0.15, 0.2) is 11.5 Å². The lowest BCUT2D eigenvalue weighted by atomic mass is 10.0. The van der Waals surface area contributed by atoms with Gasteiger partial charge in [-0.2, -0.15) is 0 Å². The Balaban J connectivity index is 0.000000178. The Morgan fingerprint density at radius 1 is 0.500 bits per heavy atom. The van der Waals surface area contributed by atoms with E-state index in [0.717, 1.165) is 5.56 Å². The molecule has 4 heteroatoms. The molecule has 0 heterocycles. The fourth-order valence-electron chi connectivity index (χ4n) is 2.19. The highest BCUT2D eigenvalue weighted by molar-refractivity contribution is 5.72. The first-order valence-electron chi connectivity index (χ1n) is 9.04. The summed E-state index contributed by atoms with van der Waals surface area (Å²) in [4.78, 5) is 0. The molecule has 0 bridgehead atoms. The summed E-state index contributed by atoms with van der Waals surface area (Å²) in [6, 6.07) is 29.7. The second kappa shape index (κ2) is 10.9. The predicted molar refractivity (Wildman–Crippen MR) is 111 cm³/mol. The first kappa shape index (κ1) is 18.9. The van der Waals surface area contributed by atoms with Gasteiger partial charge in [-0.15, -0.1) is 0 Å². The number of hydrogen-bond acceptors (Lipinski definition) is 4. The summed E-state index contributed by atoms with van der Waals surface area (Å²) in [6.45, 7) is 0. The van der Waals surface area contributed by atoms with E-state index < -0.39 is 0 Å². The minimum absolute atomic E-state index is 0.0767. The van der Waals surface area contributed by atoms with Crippen LogP contribution in [0.5, 0.6) is 23.0 Å². The van der Waals surface area contributed by atoms with Crippen LogP contribution in [-0.2, 0) is 0 Å². The van der Waals surface area contributed by atoms with Crippen molar-refractivity contribution in [3.05, 3.63) is 109 Å². The van der Waals surface area contributed by atoms with Crippen LogP contribution in [0.15, 0.2) is 109 Å². The first-order valence-corrected chi connectivity index (χ1v) is 8.54. The van der Waals surface area contributed by atoms with E-state index in [2.05, 4.69) is 0 Å². The third-order valence-electron chi connectivity index (χ3n) is 3.55. The highest BCUT2D eigenvalue weighted by atomic mass is 16.3. The Bertz CT molecular complexity index is 954. The maximum Gasteiger partial charge on any atom is 0.165 e. The van der Waals surface area contributed by atoms with Gasteiger partial charge >= 0.3 is 0 Å². The number of benzene rings is 4. The van der Waals surface area contributed by atoms with E-state index in [4.69, 9.17) is 11.6 Å². The third kappa shape index (κ3) is 6.77. The molecule has 0 fully saturated rings. The van der Waals surface area contributed by atoms with Gasteiger partial charge in [0.1, 0.15) is 11.5 Å². The summed E-state index contributed by atoms with van der Waals surface area (Å²) in [5.41, 5.74) is 1.34. The number of para-hydroxylation sites is 3. The van der Waals surface area contributed by atoms with Gasteiger partial charge in [0.2, 0.25) is 0 Å². The second-order valence-electron chi connectivity index (χ2n) is 5.63. The first-order chi connectivity index (χ1) is 14.0. The molecule has 0 aliphatic heterocycles. The average molecular weight is 375 g/mol. The van der Waals surface area contributed by atoms with Crippen LogP contribution in [0.4, 0.5) is 0 Å². The van der Waals surface area contributed by atoms with Crippen molar-refractivity contribution in [2.75, 3.05) is 0 Å². The van der Waals surface area contributed by atoms with Gasteiger partial charge in [-0.3, -0.25) is 0 Å². The summed E-state index contributed by atoms with van der Waals surface area (Å²) in [5, 5.41) is 36.3. The molecule has 4 rings (SSSR count). The zero-order valence-corrected chi connectivity index (χ0v) is 15.1. The summed E-state index contributed by atoms with van der Waals surface area (Å²) >= 11 is 0. The van der Waals surface area contributed by atoms with Crippen molar-refractivity contribution < 1.29 is 21.8 Å². The quantitative estimate of drug-likeness (QED) is 0.329. The van der Waals surface area contributed by atoms with Gasteiger partial charge in [0.25, 0.3) is 0 Å². The highest BCUT2D eigenvalue weighted by Crippen LogP contribution is 2.35. The van der Waals surface area contributed by atoms with Crippen LogP contribution in [0.2, 0.25) is 0 Å². The fraction of sp³-hybridized carbons (Fsp3) is 0. The zero-order valence-electron chi connectivity index (χ0n) is 16.1. The van der Waals surface area contributed by atoms with Crippen LogP contribution >= 0.6 is 0 Å². The van der Waals surface area contributed by atoms with Gasteiger partial charge in [0, 0.05) is 5.56 Å². The fourth-order valence-corrected chi connectivity index (χ4v) is 2.19. The van der Waals surface area contributed by atoms with E-state index in [1.165, 1.54) is 6.07 Å². The van der Waals surface area contributed by atoms with Gasteiger partial charge in [0.05, 0.1) is 1.37 Å². The van der Waals surface area contributed by atoms with Crippen LogP contribution in [0, 0.1) is 0 Å². The largest absolute Gasteiger partial charge is 0.508 e.